The van der Waals surface area contributed by atoms with Crippen molar-refractivity contribution in [2.75, 3.05) is 11.9 Å². The topological polar surface area (TPSA) is 64.9 Å². The van der Waals surface area contributed by atoms with E-state index in [2.05, 4.69) is 27.4 Å². The molecule has 22 heavy (non-hydrogen) atoms. The van der Waals surface area contributed by atoms with E-state index < -0.39 is 0 Å². The van der Waals surface area contributed by atoms with E-state index in [1.807, 2.05) is 19.1 Å². The third-order valence-corrected chi connectivity index (χ3v) is 3.35. The van der Waals surface area contributed by atoms with Gasteiger partial charge in [-0.15, -0.1) is 6.58 Å². The zero-order chi connectivity index (χ0) is 15.9. The van der Waals surface area contributed by atoms with Crippen LogP contribution in [0, 0.1) is 0 Å². The van der Waals surface area contributed by atoms with Crippen LogP contribution in [0.3, 0.4) is 0 Å². The van der Waals surface area contributed by atoms with Crippen molar-refractivity contribution in [2.24, 2.45) is 0 Å². The number of ether oxygens (including phenoxy) is 1. The number of allylic oxidation sites excluding steroid dienone is 1. The zero-order valence-corrected chi connectivity index (χ0v) is 13.7. The first-order valence-electron chi connectivity index (χ1n) is 6.87. The fourth-order valence-electron chi connectivity index (χ4n) is 1.81. The Balaban J connectivity index is 2.07. The van der Waals surface area contributed by atoms with Crippen molar-refractivity contribution < 1.29 is 4.74 Å². The molecule has 0 unspecified atom stereocenters. The van der Waals surface area contributed by atoms with Gasteiger partial charge in [-0.25, -0.2) is 4.68 Å². The van der Waals surface area contributed by atoms with E-state index in [1.165, 1.54) is 0 Å². The molecular formula is C14H17Cl2N5O. The zero-order valence-electron chi connectivity index (χ0n) is 12.2. The second-order valence-corrected chi connectivity index (χ2v) is 5.38. The molecule has 0 aliphatic heterocycles. The van der Waals surface area contributed by atoms with Gasteiger partial charge in [-0.05, 0) is 34.5 Å². The Morgan fingerprint density at radius 3 is 2.73 bits per heavy atom. The standard InChI is InChI=1S/C14H17Cl2N5O/c1-3-5-21-14(18-19-20-21)17-9-10-7-11(15)13(12(16)8-10)22-6-4-2/h3,7-8H,1,4-6,9H2,2H3,(H,17,18,20). The Labute approximate surface area is 139 Å². The lowest BCUT2D eigenvalue weighted by molar-refractivity contribution is 0.318. The van der Waals surface area contributed by atoms with Gasteiger partial charge in [0.05, 0.1) is 23.2 Å². The lowest BCUT2D eigenvalue weighted by Crippen LogP contribution is -2.08. The van der Waals surface area contributed by atoms with Crippen molar-refractivity contribution in [3.63, 3.8) is 0 Å². The molecule has 0 aliphatic carbocycles. The summed E-state index contributed by atoms with van der Waals surface area (Å²) in [5.74, 6) is 1.07. The first-order chi connectivity index (χ1) is 10.7. The van der Waals surface area contributed by atoms with Crippen LogP contribution in [0.5, 0.6) is 5.75 Å². The number of aromatic nitrogens is 4. The fourth-order valence-corrected chi connectivity index (χ4v) is 2.46. The fraction of sp³-hybridized carbons (Fsp3) is 0.357. The Bertz CT molecular complexity index is 621. The van der Waals surface area contributed by atoms with E-state index in [0.29, 0.717) is 41.4 Å². The summed E-state index contributed by atoms with van der Waals surface area (Å²) in [6.45, 7) is 7.28. The van der Waals surface area contributed by atoms with Gasteiger partial charge >= 0.3 is 0 Å². The number of tetrazole rings is 1. The molecule has 0 aliphatic rings. The molecule has 1 aromatic carbocycles. The van der Waals surface area contributed by atoms with Crippen LogP contribution in [-0.4, -0.2) is 26.8 Å². The predicted octanol–water partition coefficient (Wildman–Crippen LogP) is 3.57. The lowest BCUT2D eigenvalue weighted by Gasteiger charge is -2.12. The second kappa shape index (κ2) is 8.00. The average molecular weight is 342 g/mol. The van der Waals surface area contributed by atoms with Crippen molar-refractivity contribution in [2.45, 2.75) is 26.4 Å². The van der Waals surface area contributed by atoms with Crippen molar-refractivity contribution >= 4 is 29.2 Å². The van der Waals surface area contributed by atoms with Gasteiger partial charge in [0.15, 0.2) is 5.75 Å². The predicted molar refractivity (Wildman–Crippen MR) is 87.6 cm³/mol. The summed E-state index contributed by atoms with van der Waals surface area (Å²) in [4.78, 5) is 0. The maximum atomic E-state index is 6.22. The average Bonchev–Trinajstić information content (AvgIpc) is 2.92. The number of hydrogen-bond donors (Lipinski definition) is 1. The molecule has 0 spiro atoms. The van der Waals surface area contributed by atoms with Crippen LogP contribution < -0.4 is 10.1 Å². The minimum atomic E-state index is 0.489. The van der Waals surface area contributed by atoms with Crippen LogP contribution in [0.25, 0.3) is 0 Å². The van der Waals surface area contributed by atoms with Gasteiger partial charge in [-0.1, -0.05) is 41.3 Å². The summed E-state index contributed by atoms with van der Waals surface area (Å²) in [6.07, 6.45) is 2.61. The number of rotatable bonds is 8. The van der Waals surface area contributed by atoms with Crippen molar-refractivity contribution in [3.8, 4) is 5.75 Å². The molecule has 0 bridgehead atoms. The van der Waals surface area contributed by atoms with Gasteiger partial charge in [0, 0.05) is 6.54 Å². The monoisotopic (exact) mass is 341 g/mol. The summed E-state index contributed by atoms with van der Waals surface area (Å²) in [5.41, 5.74) is 0.909. The highest BCUT2D eigenvalue weighted by atomic mass is 35.5. The molecule has 0 fully saturated rings. The molecule has 0 saturated heterocycles. The maximum Gasteiger partial charge on any atom is 0.243 e. The summed E-state index contributed by atoms with van der Waals surface area (Å²) in [5, 5.41) is 15.5. The van der Waals surface area contributed by atoms with E-state index in [0.717, 1.165) is 12.0 Å². The van der Waals surface area contributed by atoms with Crippen LogP contribution >= 0.6 is 23.2 Å². The van der Waals surface area contributed by atoms with Gasteiger partial charge in [0.25, 0.3) is 0 Å². The summed E-state index contributed by atoms with van der Waals surface area (Å²) < 4.78 is 7.15. The second-order valence-electron chi connectivity index (χ2n) is 4.56. The van der Waals surface area contributed by atoms with E-state index in [-0.39, 0.29) is 0 Å². The molecule has 2 aromatic rings. The molecule has 6 nitrogen and oxygen atoms in total. The van der Waals surface area contributed by atoms with Crippen LogP contribution in [0.4, 0.5) is 5.95 Å². The highest BCUT2D eigenvalue weighted by Crippen LogP contribution is 2.34. The summed E-state index contributed by atoms with van der Waals surface area (Å²) in [6, 6.07) is 3.63. The summed E-state index contributed by atoms with van der Waals surface area (Å²) in [7, 11) is 0. The van der Waals surface area contributed by atoms with Crippen LogP contribution in [-0.2, 0) is 13.1 Å². The first-order valence-corrected chi connectivity index (χ1v) is 7.63. The SMILES string of the molecule is C=CCn1nnnc1NCc1cc(Cl)c(OCCC)c(Cl)c1. The molecule has 118 valence electrons. The van der Waals surface area contributed by atoms with E-state index in [4.69, 9.17) is 27.9 Å². The van der Waals surface area contributed by atoms with Gasteiger partial charge in [0.1, 0.15) is 0 Å². The Kier molecular flexibility index (Phi) is 6.03. The van der Waals surface area contributed by atoms with E-state index >= 15 is 0 Å². The van der Waals surface area contributed by atoms with Crippen molar-refractivity contribution in [3.05, 3.63) is 40.4 Å². The number of anilines is 1. The molecule has 1 aromatic heterocycles. The van der Waals surface area contributed by atoms with Gasteiger partial charge in [0.2, 0.25) is 5.95 Å². The van der Waals surface area contributed by atoms with Crippen LogP contribution in [0.2, 0.25) is 10.0 Å². The number of nitrogens with zero attached hydrogens (tertiary/aromatic N) is 4. The first kappa shape index (κ1) is 16.6. The number of benzene rings is 1. The quantitative estimate of drug-likeness (QED) is 0.743. The minimum Gasteiger partial charge on any atom is -0.490 e. The maximum absolute atomic E-state index is 6.22. The number of halogens is 2. The molecule has 8 heteroatoms. The molecule has 0 atom stereocenters. The largest absolute Gasteiger partial charge is 0.490 e. The molecule has 0 amide bonds. The van der Waals surface area contributed by atoms with Gasteiger partial charge in [-0.2, -0.15) is 0 Å². The molecular weight excluding hydrogens is 325 g/mol. The highest BCUT2D eigenvalue weighted by molar-refractivity contribution is 6.37. The normalized spacial score (nSPS) is 10.5. The molecule has 0 saturated carbocycles. The van der Waals surface area contributed by atoms with Crippen LogP contribution in [0.15, 0.2) is 24.8 Å². The molecule has 0 radical (unpaired) electrons. The Morgan fingerprint density at radius 1 is 1.36 bits per heavy atom. The van der Waals surface area contributed by atoms with Gasteiger partial charge < -0.3 is 10.1 Å². The van der Waals surface area contributed by atoms with Crippen molar-refractivity contribution in [1.29, 1.82) is 0 Å². The van der Waals surface area contributed by atoms with Crippen molar-refractivity contribution in [1.82, 2.24) is 20.2 Å². The molecule has 1 N–H and O–H groups in total. The highest BCUT2D eigenvalue weighted by Gasteiger charge is 2.10. The summed E-state index contributed by atoms with van der Waals surface area (Å²) >= 11 is 12.4. The van der Waals surface area contributed by atoms with Gasteiger partial charge in [-0.3, -0.25) is 0 Å². The third kappa shape index (κ3) is 4.11. The third-order valence-electron chi connectivity index (χ3n) is 2.79. The minimum absolute atomic E-state index is 0.489. The smallest absolute Gasteiger partial charge is 0.243 e. The Morgan fingerprint density at radius 2 is 2.09 bits per heavy atom. The number of nitrogens with one attached hydrogen (secondary N) is 1. The van der Waals surface area contributed by atoms with Crippen LogP contribution in [0.1, 0.15) is 18.9 Å². The van der Waals surface area contributed by atoms with E-state index in [9.17, 15) is 0 Å². The molecule has 1 heterocycles. The molecule has 2 rings (SSSR count). The number of hydrogen-bond acceptors (Lipinski definition) is 5. The van der Waals surface area contributed by atoms with E-state index in [1.54, 1.807) is 10.8 Å². The Hall–Kier alpha value is -1.79. The lowest BCUT2D eigenvalue weighted by atomic mass is 10.2.